The molecule has 0 radical (unpaired) electrons. The molecule has 2 aliphatic heterocycles. The first-order valence-electron chi connectivity index (χ1n) is 15.2. The molecule has 2 saturated heterocycles. The van der Waals surface area contributed by atoms with Crippen LogP contribution in [0.1, 0.15) is 51.4 Å². The Hall–Kier alpha value is -2.90. The molecule has 2 fully saturated rings. The smallest absolute Gasteiger partial charge is 0.331 e. The largest absolute Gasteiger partial charge is 0.369 e. The van der Waals surface area contributed by atoms with E-state index in [0.717, 1.165) is 70.5 Å². The third kappa shape index (κ3) is 7.20. The maximum atomic E-state index is 13.4. The van der Waals surface area contributed by atoms with Crippen molar-refractivity contribution in [3.8, 4) is 0 Å². The van der Waals surface area contributed by atoms with Gasteiger partial charge in [0.15, 0.2) is 0 Å². The van der Waals surface area contributed by atoms with Crippen molar-refractivity contribution in [2.75, 3.05) is 57.3 Å². The van der Waals surface area contributed by atoms with Crippen LogP contribution in [0.5, 0.6) is 0 Å². The van der Waals surface area contributed by atoms with Gasteiger partial charge in [0.2, 0.25) is 0 Å². The molecule has 0 N–H and O–H groups in total. The van der Waals surface area contributed by atoms with Crippen LogP contribution in [-0.2, 0) is 13.1 Å². The van der Waals surface area contributed by atoms with E-state index in [4.69, 9.17) is 0 Å². The summed E-state index contributed by atoms with van der Waals surface area (Å²) in [6.07, 6.45) is 9.01. The fourth-order valence-electron chi connectivity index (χ4n) is 6.25. The Labute approximate surface area is 232 Å². The summed E-state index contributed by atoms with van der Waals surface area (Å²) >= 11 is 0. The summed E-state index contributed by atoms with van der Waals surface area (Å²) in [6.45, 7) is 10.0. The molecule has 0 spiro atoms. The Bertz CT molecular complexity index is 1290. The van der Waals surface area contributed by atoms with Crippen LogP contribution in [-0.4, -0.2) is 71.3 Å². The molecule has 3 heterocycles. The van der Waals surface area contributed by atoms with Crippen LogP contribution >= 0.6 is 0 Å². The summed E-state index contributed by atoms with van der Waals surface area (Å²) in [5.74, 6) is 0. The summed E-state index contributed by atoms with van der Waals surface area (Å²) in [5.41, 5.74) is 1.81. The maximum Gasteiger partial charge on any atom is 0.331 e. The molecule has 0 saturated carbocycles. The molecule has 39 heavy (non-hydrogen) atoms. The lowest BCUT2D eigenvalue weighted by Crippen LogP contribution is -2.46. The van der Waals surface area contributed by atoms with Crippen LogP contribution in [0, 0.1) is 0 Å². The Balaban J connectivity index is 1.09. The zero-order valence-electron chi connectivity index (χ0n) is 23.5. The lowest BCUT2D eigenvalue weighted by molar-refractivity contribution is 0.222. The maximum absolute atomic E-state index is 13.4. The minimum absolute atomic E-state index is 0.140. The molecule has 0 amide bonds. The van der Waals surface area contributed by atoms with Gasteiger partial charge in [0.05, 0.1) is 10.9 Å². The number of likely N-dealkylation sites (tertiary alicyclic amines) is 1. The molecular weight excluding hydrogens is 486 g/mol. The van der Waals surface area contributed by atoms with Gasteiger partial charge in [-0.15, -0.1) is 0 Å². The first kappa shape index (κ1) is 27.7. The first-order valence-corrected chi connectivity index (χ1v) is 15.2. The number of rotatable bonds is 12. The monoisotopic (exact) mass is 531 g/mol. The molecule has 5 rings (SSSR count). The van der Waals surface area contributed by atoms with Gasteiger partial charge in [0.25, 0.3) is 5.56 Å². The highest BCUT2D eigenvalue weighted by Crippen LogP contribution is 2.16. The van der Waals surface area contributed by atoms with Gasteiger partial charge in [-0.2, -0.15) is 0 Å². The highest BCUT2D eigenvalue weighted by molar-refractivity contribution is 5.77. The predicted molar refractivity (Wildman–Crippen MR) is 161 cm³/mol. The topological polar surface area (TPSA) is 53.7 Å². The molecular formula is C32H45N5O2. The quantitative estimate of drug-likeness (QED) is 0.324. The number of nitrogens with zero attached hydrogens (tertiary/aromatic N) is 5. The average Bonchev–Trinajstić information content (AvgIpc) is 2.99. The molecule has 0 unspecified atom stereocenters. The van der Waals surface area contributed by atoms with Crippen molar-refractivity contribution in [3.63, 3.8) is 0 Å². The van der Waals surface area contributed by atoms with Gasteiger partial charge in [-0.3, -0.25) is 18.8 Å². The minimum Gasteiger partial charge on any atom is -0.369 e. The lowest BCUT2D eigenvalue weighted by Gasteiger charge is -2.36. The highest BCUT2D eigenvalue weighted by atomic mass is 16.2. The van der Waals surface area contributed by atoms with Crippen LogP contribution in [0.2, 0.25) is 0 Å². The van der Waals surface area contributed by atoms with E-state index in [1.165, 1.54) is 49.0 Å². The molecule has 0 atom stereocenters. The van der Waals surface area contributed by atoms with E-state index >= 15 is 0 Å². The molecule has 3 aromatic rings. The zero-order chi connectivity index (χ0) is 26.9. The van der Waals surface area contributed by atoms with Crippen LogP contribution in [0.4, 0.5) is 5.69 Å². The number of aromatic nitrogens is 2. The average molecular weight is 532 g/mol. The second kappa shape index (κ2) is 13.9. The van der Waals surface area contributed by atoms with E-state index in [1.807, 2.05) is 28.8 Å². The summed E-state index contributed by atoms with van der Waals surface area (Å²) in [6, 6.07) is 18.3. The van der Waals surface area contributed by atoms with Gasteiger partial charge in [-0.05, 0) is 82.5 Å². The van der Waals surface area contributed by atoms with E-state index in [2.05, 4.69) is 45.0 Å². The van der Waals surface area contributed by atoms with E-state index in [9.17, 15) is 9.59 Å². The molecule has 0 aliphatic carbocycles. The molecule has 7 heteroatoms. The summed E-state index contributed by atoms with van der Waals surface area (Å²) in [7, 11) is 0. The Morgan fingerprint density at radius 2 is 1.15 bits per heavy atom. The minimum atomic E-state index is -0.145. The number of unbranched alkanes of at least 4 members (excludes halogenated alkanes) is 3. The van der Waals surface area contributed by atoms with Gasteiger partial charge in [-0.1, -0.05) is 49.6 Å². The van der Waals surface area contributed by atoms with Crippen LogP contribution in [0.15, 0.2) is 64.2 Å². The van der Waals surface area contributed by atoms with Crippen LogP contribution < -0.4 is 16.1 Å². The number of hydrogen-bond donors (Lipinski definition) is 0. The standard InChI is InChI=1S/C32H45N5O2/c38-31-29-16-7-8-17-30(29)36(23-13-21-33-18-10-4-11-19-33)32(39)37(31)22-12-2-1-9-20-34-24-26-35(27-25-34)28-14-5-3-6-15-28/h3,5-8,14-17H,1-2,4,9-13,18-27H2. The third-order valence-corrected chi connectivity index (χ3v) is 8.54. The number of piperazine rings is 1. The van der Waals surface area contributed by atoms with Gasteiger partial charge < -0.3 is 9.80 Å². The number of piperidine rings is 1. The van der Waals surface area contributed by atoms with Gasteiger partial charge in [-0.25, -0.2) is 4.79 Å². The number of para-hydroxylation sites is 2. The molecule has 2 aromatic carbocycles. The van der Waals surface area contributed by atoms with Crippen molar-refractivity contribution in [1.29, 1.82) is 0 Å². The molecule has 210 valence electrons. The van der Waals surface area contributed by atoms with Gasteiger partial charge in [0, 0.05) is 45.0 Å². The zero-order valence-corrected chi connectivity index (χ0v) is 23.5. The second-order valence-electron chi connectivity index (χ2n) is 11.2. The van der Waals surface area contributed by atoms with E-state index < -0.39 is 0 Å². The van der Waals surface area contributed by atoms with Crippen molar-refractivity contribution in [2.45, 2.75) is 64.5 Å². The van der Waals surface area contributed by atoms with Crippen LogP contribution in [0.3, 0.4) is 0 Å². The van der Waals surface area contributed by atoms with Gasteiger partial charge >= 0.3 is 5.69 Å². The lowest BCUT2D eigenvalue weighted by atomic mass is 10.1. The van der Waals surface area contributed by atoms with Crippen molar-refractivity contribution in [2.24, 2.45) is 0 Å². The molecule has 2 aliphatic rings. The van der Waals surface area contributed by atoms with Crippen LogP contribution in [0.25, 0.3) is 10.9 Å². The van der Waals surface area contributed by atoms with Crippen molar-refractivity contribution in [1.82, 2.24) is 18.9 Å². The summed E-state index contributed by atoms with van der Waals surface area (Å²) in [5, 5.41) is 0.657. The second-order valence-corrected chi connectivity index (χ2v) is 11.2. The molecule has 7 nitrogen and oxygen atoms in total. The Morgan fingerprint density at radius 3 is 1.92 bits per heavy atom. The van der Waals surface area contributed by atoms with E-state index in [1.54, 1.807) is 0 Å². The number of fused-ring (bicyclic) bond motifs is 1. The number of hydrogen-bond acceptors (Lipinski definition) is 5. The van der Waals surface area contributed by atoms with E-state index in [-0.39, 0.29) is 11.2 Å². The Morgan fingerprint density at radius 1 is 0.538 bits per heavy atom. The van der Waals surface area contributed by atoms with E-state index in [0.29, 0.717) is 18.5 Å². The first-order chi connectivity index (χ1) is 19.2. The normalized spacial score (nSPS) is 17.2. The molecule has 0 bridgehead atoms. The number of anilines is 1. The summed E-state index contributed by atoms with van der Waals surface area (Å²) < 4.78 is 3.34. The SMILES string of the molecule is O=c1c2ccccc2n(CCCN2CCCCC2)c(=O)n1CCCCCCN1CCN(c2ccccc2)CC1. The van der Waals surface area contributed by atoms with Crippen molar-refractivity contribution < 1.29 is 0 Å². The third-order valence-electron chi connectivity index (χ3n) is 8.54. The van der Waals surface area contributed by atoms with Crippen molar-refractivity contribution in [3.05, 3.63) is 75.4 Å². The highest BCUT2D eigenvalue weighted by Gasteiger charge is 2.17. The Kier molecular flexibility index (Phi) is 9.89. The number of aryl methyl sites for hydroxylation is 1. The fraction of sp³-hybridized carbons (Fsp3) is 0.562. The molecule has 1 aromatic heterocycles. The summed E-state index contributed by atoms with van der Waals surface area (Å²) in [4.78, 5) is 34.2. The number of benzene rings is 2. The fourth-order valence-corrected chi connectivity index (χ4v) is 6.25. The predicted octanol–water partition coefficient (Wildman–Crippen LogP) is 4.42. The van der Waals surface area contributed by atoms with Crippen molar-refractivity contribution >= 4 is 16.6 Å². The van der Waals surface area contributed by atoms with Gasteiger partial charge in [0.1, 0.15) is 0 Å².